The number of hydrogen-bond donors (Lipinski definition) is 1. The molecule has 0 saturated carbocycles. The molecule has 1 atom stereocenters. The van der Waals surface area contributed by atoms with Gasteiger partial charge in [0.25, 0.3) is 0 Å². The van der Waals surface area contributed by atoms with Gasteiger partial charge in [0, 0.05) is 24.8 Å². The average Bonchev–Trinajstić information content (AvgIpc) is 2.46. The van der Waals surface area contributed by atoms with Gasteiger partial charge in [-0.1, -0.05) is 0 Å². The highest BCUT2D eigenvalue weighted by atomic mass is 15.2. The number of nitrogens with zero attached hydrogens (tertiary/aromatic N) is 3. The summed E-state index contributed by atoms with van der Waals surface area (Å²) in [6.07, 6.45) is 6.71. The lowest BCUT2D eigenvalue weighted by molar-refractivity contribution is 0.502. The number of aromatic nitrogens is 1. The number of rotatable bonds is 1. The number of anilines is 1. The van der Waals surface area contributed by atoms with Crippen LogP contribution in [-0.2, 0) is 12.8 Å². The molecule has 1 aliphatic carbocycles. The molecule has 3 rings (SSSR count). The van der Waals surface area contributed by atoms with Crippen LogP contribution in [0.15, 0.2) is 6.07 Å². The molecule has 1 unspecified atom stereocenters. The first-order valence-corrected chi connectivity index (χ1v) is 7.21. The van der Waals surface area contributed by atoms with Gasteiger partial charge in [-0.2, -0.15) is 5.26 Å². The largest absolute Gasteiger partial charge is 0.354 e. The summed E-state index contributed by atoms with van der Waals surface area (Å²) < 4.78 is 0. The summed E-state index contributed by atoms with van der Waals surface area (Å²) >= 11 is 0. The van der Waals surface area contributed by atoms with Crippen LogP contribution in [0.3, 0.4) is 0 Å². The maximum Gasteiger partial charge on any atom is 0.146 e. The van der Waals surface area contributed by atoms with Crippen molar-refractivity contribution in [2.24, 2.45) is 5.73 Å². The molecule has 0 spiro atoms. The molecule has 2 heterocycles. The van der Waals surface area contributed by atoms with E-state index in [1.807, 2.05) is 0 Å². The molecule has 1 aromatic rings. The van der Waals surface area contributed by atoms with E-state index in [0.29, 0.717) is 0 Å². The molecule has 1 aliphatic heterocycles. The van der Waals surface area contributed by atoms with E-state index < -0.39 is 0 Å². The van der Waals surface area contributed by atoms with Gasteiger partial charge in [-0.25, -0.2) is 4.98 Å². The van der Waals surface area contributed by atoms with Crippen LogP contribution in [0.4, 0.5) is 5.82 Å². The number of fused-ring (bicyclic) bond motifs is 1. The Morgan fingerprint density at radius 2 is 2.16 bits per heavy atom. The van der Waals surface area contributed by atoms with Crippen LogP contribution in [0.2, 0.25) is 0 Å². The molecule has 0 radical (unpaired) electrons. The summed E-state index contributed by atoms with van der Waals surface area (Å²) in [6, 6.07) is 4.57. The number of nitrogens with two attached hydrogens (primary N) is 1. The Labute approximate surface area is 114 Å². The van der Waals surface area contributed by atoms with Crippen LogP contribution in [0, 0.1) is 11.3 Å². The van der Waals surface area contributed by atoms with Crippen molar-refractivity contribution in [1.29, 1.82) is 5.26 Å². The smallest absolute Gasteiger partial charge is 0.146 e. The van der Waals surface area contributed by atoms with Crippen LogP contribution in [0.1, 0.15) is 42.5 Å². The summed E-state index contributed by atoms with van der Waals surface area (Å²) in [5.74, 6) is 0.860. The number of piperidine rings is 1. The van der Waals surface area contributed by atoms with Crippen molar-refractivity contribution in [3.05, 3.63) is 22.9 Å². The Balaban J connectivity index is 1.97. The van der Waals surface area contributed by atoms with Gasteiger partial charge in [-0.05, 0) is 50.2 Å². The molecule has 0 bridgehead atoms. The fourth-order valence-electron chi connectivity index (χ4n) is 3.15. The second kappa shape index (κ2) is 5.18. The van der Waals surface area contributed by atoms with Crippen molar-refractivity contribution < 1.29 is 0 Å². The fraction of sp³-hybridized carbons (Fsp3) is 0.600. The lowest BCUT2D eigenvalue weighted by Gasteiger charge is -2.33. The molecule has 0 aromatic carbocycles. The van der Waals surface area contributed by atoms with Gasteiger partial charge < -0.3 is 10.6 Å². The monoisotopic (exact) mass is 256 g/mol. The normalized spacial score (nSPS) is 22.7. The fourth-order valence-corrected chi connectivity index (χ4v) is 3.15. The standard InChI is InChI=1S/C15H20N4/c16-9-12-8-11-4-1-2-6-14(11)18-15(12)19-7-3-5-13(17)10-19/h8,13H,1-7,10,17H2. The maximum absolute atomic E-state index is 9.37. The average molecular weight is 256 g/mol. The van der Waals surface area contributed by atoms with E-state index in [9.17, 15) is 5.26 Å². The van der Waals surface area contributed by atoms with Crippen molar-refractivity contribution in [2.75, 3.05) is 18.0 Å². The zero-order valence-corrected chi connectivity index (χ0v) is 11.2. The second-order valence-electron chi connectivity index (χ2n) is 5.63. The van der Waals surface area contributed by atoms with Crippen molar-refractivity contribution >= 4 is 5.82 Å². The van der Waals surface area contributed by atoms with Crippen LogP contribution in [0.25, 0.3) is 0 Å². The molecule has 4 heteroatoms. The number of hydrogen-bond acceptors (Lipinski definition) is 4. The molecule has 100 valence electrons. The Morgan fingerprint density at radius 3 is 2.95 bits per heavy atom. The summed E-state index contributed by atoms with van der Waals surface area (Å²) in [6.45, 7) is 1.79. The highest BCUT2D eigenvalue weighted by molar-refractivity contribution is 5.56. The number of aryl methyl sites for hydroxylation is 2. The first-order valence-electron chi connectivity index (χ1n) is 7.21. The first kappa shape index (κ1) is 12.4. The Morgan fingerprint density at radius 1 is 1.32 bits per heavy atom. The number of pyridine rings is 1. The second-order valence-corrected chi connectivity index (χ2v) is 5.63. The first-order chi connectivity index (χ1) is 9.28. The highest BCUT2D eigenvalue weighted by Crippen LogP contribution is 2.27. The van der Waals surface area contributed by atoms with Crippen molar-refractivity contribution in [3.63, 3.8) is 0 Å². The van der Waals surface area contributed by atoms with Gasteiger partial charge in [-0.15, -0.1) is 0 Å². The van der Waals surface area contributed by atoms with Crippen LogP contribution in [-0.4, -0.2) is 24.1 Å². The van der Waals surface area contributed by atoms with Crippen LogP contribution >= 0.6 is 0 Å². The van der Waals surface area contributed by atoms with Gasteiger partial charge in [0.05, 0.1) is 5.56 Å². The lowest BCUT2D eigenvalue weighted by atomic mass is 9.94. The Kier molecular flexibility index (Phi) is 3.39. The number of nitriles is 1. The molecule has 0 amide bonds. The minimum Gasteiger partial charge on any atom is -0.354 e. The molecule has 19 heavy (non-hydrogen) atoms. The molecule has 1 aromatic heterocycles. The van der Waals surface area contributed by atoms with E-state index in [1.165, 1.54) is 24.1 Å². The molecular weight excluding hydrogens is 236 g/mol. The maximum atomic E-state index is 9.37. The van der Waals surface area contributed by atoms with Gasteiger partial charge >= 0.3 is 0 Å². The topological polar surface area (TPSA) is 65.9 Å². The van der Waals surface area contributed by atoms with Gasteiger partial charge in [0.2, 0.25) is 0 Å². The molecule has 1 fully saturated rings. The molecule has 1 saturated heterocycles. The minimum absolute atomic E-state index is 0.207. The Hall–Kier alpha value is -1.60. The van der Waals surface area contributed by atoms with E-state index in [-0.39, 0.29) is 6.04 Å². The summed E-state index contributed by atoms with van der Waals surface area (Å²) in [7, 11) is 0. The van der Waals surface area contributed by atoms with Crippen LogP contribution in [0.5, 0.6) is 0 Å². The van der Waals surface area contributed by atoms with E-state index in [0.717, 1.165) is 50.2 Å². The summed E-state index contributed by atoms with van der Waals surface area (Å²) in [5.41, 5.74) is 9.22. The van der Waals surface area contributed by atoms with E-state index in [1.54, 1.807) is 0 Å². The van der Waals surface area contributed by atoms with Crippen molar-refractivity contribution in [1.82, 2.24) is 4.98 Å². The third kappa shape index (κ3) is 2.43. The van der Waals surface area contributed by atoms with Crippen LogP contribution < -0.4 is 10.6 Å². The third-order valence-corrected chi connectivity index (χ3v) is 4.16. The van der Waals surface area contributed by atoms with E-state index in [4.69, 9.17) is 10.7 Å². The third-order valence-electron chi connectivity index (χ3n) is 4.16. The lowest BCUT2D eigenvalue weighted by Crippen LogP contribution is -2.43. The van der Waals surface area contributed by atoms with Crippen molar-refractivity contribution in [2.45, 2.75) is 44.6 Å². The predicted octanol–water partition coefficient (Wildman–Crippen LogP) is 1.76. The van der Waals surface area contributed by atoms with E-state index in [2.05, 4.69) is 17.0 Å². The highest BCUT2D eigenvalue weighted by Gasteiger charge is 2.23. The molecule has 4 nitrogen and oxygen atoms in total. The zero-order chi connectivity index (χ0) is 13.2. The minimum atomic E-state index is 0.207. The Bertz CT molecular complexity index is 518. The van der Waals surface area contributed by atoms with Gasteiger partial charge in [-0.3, -0.25) is 0 Å². The quantitative estimate of drug-likeness (QED) is 0.831. The molecule has 2 N–H and O–H groups in total. The predicted molar refractivity (Wildman–Crippen MR) is 75.0 cm³/mol. The summed E-state index contributed by atoms with van der Waals surface area (Å²) in [4.78, 5) is 6.99. The SMILES string of the molecule is N#Cc1cc2c(nc1N1CCCC(N)C1)CCCC2. The van der Waals surface area contributed by atoms with Gasteiger partial charge in [0.1, 0.15) is 11.9 Å². The van der Waals surface area contributed by atoms with E-state index >= 15 is 0 Å². The molecule has 2 aliphatic rings. The van der Waals surface area contributed by atoms with Crippen molar-refractivity contribution in [3.8, 4) is 6.07 Å². The zero-order valence-electron chi connectivity index (χ0n) is 11.2. The molecular formula is C15H20N4. The summed E-state index contributed by atoms with van der Waals surface area (Å²) in [5, 5.41) is 9.37. The van der Waals surface area contributed by atoms with Gasteiger partial charge in [0.15, 0.2) is 0 Å².